The van der Waals surface area contributed by atoms with E-state index in [-0.39, 0.29) is 0 Å². The Morgan fingerprint density at radius 1 is 0.553 bits per heavy atom. The summed E-state index contributed by atoms with van der Waals surface area (Å²) in [5, 5.41) is 34.7. The van der Waals surface area contributed by atoms with E-state index in [9.17, 15) is 19.8 Å². The standard InChI is InChI=1S/C41H54N2O4/c1-7-25-40(46,26-8-2)35(33-23-15-19-29-17-11-13-21-31(29)33)42-37(44)39(5,6)38(45)43-36(41(47,27-9-3)28-10-4)34-24-16-20-30-18-12-14-22-32(30)34/h11-24,35-36,46-47H,7-10,25-28H2,1-6H3,(H,42,44)(H,43,45). The fourth-order valence-electron chi connectivity index (χ4n) is 7.29. The Kier molecular flexibility index (Phi) is 11.9. The second-order valence-electron chi connectivity index (χ2n) is 13.8. The number of rotatable bonds is 16. The summed E-state index contributed by atoms with van der Waals surface area (Å²) in [6.45, 7) is 11.4. The number of carbonyl (C=O) groups excluding carboxylic acids is 2. The van der Waals surface area contributed by atoms with Gasteiger partial charge in [-0.15, -0.1) is 0 Å². The molecule has 0 fully saturated rings. The zero-order valence-corrected chi connectivity index (χ0v) is 29.1. The molecule has 0 aliphatic rings. The van der Waals surface area contributed by atoms with Crippen LogP contribution >= 0.6 is 0 Å². The van der Waals surface area contributed by atoms with Gasteiger partial charge in [0.25, 0.3) is 0 Å². The van der Waals surface area contributed by atoms with E-state index in [1.807, 2.05) is 113 Å². The summed E-state index contributed by atoms with van der Waals surface area (Å²) in [6, 6.07) is 26.3. The van der Waals surface area contributed by atoms with Gasteiger partial charge in [-0.1, -0.05) is 138 Å². The summed E-state index contributed by atoms with van der Waals surface area (Å²) in [7, 11) is 0. The number of benzene rings is 4. The zero-order chi connectivity index (χ0) is 34.2. The minimum absolute atomic E-state index is 0.482. The minimum Gasteiger partial charge on any atom is -0.387 e. The van der Waals surface area contributed by atoms with Gasteiger partial charge in [-0.05, 0) is 72.2 Å². The van der Waals surface area contributed by atoms with Crippen LogP contribution in [0.3, 0.4) is 0 Å². The molecule has 47 heavy (non-hydrogen) atoms. The molecule has 0 radical (unpaired) electrons. The fourth-order valence-corrected chi connectivity index (χ4v) is 7.29. The van der Waals surface area contributed by atoms with E-state index in [2.05, 4.69) is 10.6 Å². The maximum absolute atomic E-state index is 14.4. The van der Waals surface area contributed by atoms with E-state index in [0.717, 1.165) is 58.4 Å². The third-order valence-electron chi connectivity index (χ3n) is 9.76. The maximum atomic E-state index is 14.4. The number of hydrogen-bond acceptors (Lipinski definition) is 4. The van der Waals surface area contributed by atoms with Crippen molar-refractivity contribution in [1.82, 2.24) is 10.6 Å². The number of carbonyl (C=O) groups is 2. The highest BCUT2D eigenvalue weighted by Gasteiger charge is 2.46. The average Bonchev–Trinajstić information content (AvgIpc) is 3.05. The van der Waals surface area contributed by atoms with Gasteiger partial charge in [-0.25, -0.2) is 0 Å². The molecule has 4 aromatic rings. The molecule has 4 rings (SSSR count). The number of amides is 2. The molecule has 2 amide bonds. The molecule has 0 saturated carbocycles. The lowest BCUT2D eigenvalue weighted by molar-refractivity contribution is -0.145. The number of hydrogen-bond donors (Lipinski definition) is 4. The predicted molar refractivity (Wildman–Crippen MR) is 193 cm³/mol. The molecule has 0 spiro atoms. The molecule has 2 unspecified atom stereocenters. The van der Waals surface area contributed by atoms with Crippen LogP contribution in [0.2, 0.25) is 0 Å². The Balaban J connectivity index is 1.75. The van der Waals surface area contributed by atoms with E-state index in [1.165, 1.54) is 0 Å². The normalized spacial score (nSPS) is 13.8. The summed E-state index contributed by atoms with van der Waals surface area (Å²) in [5.41, 5.74) is -2.31. The van der Waals surface area contributed by atoms with Crippen LogP contribution < -0.4 is 10.6 Å². The number of fused-ring (bicyclic) bond motifs is 2. The van der Waals surface area contributed by atoms with Crippen molar-refractivity contribution in [3.8, 4) is 0 Å². The van der Waals surface area contributed by atoms with Crippen LogP contribution in [-0.4, -0.2) is 33.2 Å². The number of aliphatic hydroxyl groups is 2. The van der Waals surface area contributed by atoms with Crippen molar-refractivity contribution in [2.45, 2.75) is 116 Å². The van der Waals surface area contributed by atoms with Crippen molar-refractivity contribution in [2.24, 2.45) is 5.41 Å². The molecule has 2 atom stereocenters. The molecule has 0 heterocycles. The van der Waals surface area contributed by atoms with E-state index >= 15 is 0 Å². The minimum atomic E-state index is -1.52. The third kappa shape index (κ3) is 7.71. The lowest BCUT2D eigenvalue weighted by atomic mass is 9.78. The maximum Gasteiger partial charge on any atom is 0.235 e. The first-order valence-corrected chi connectivity index (χ1v) is 17.5. The van der Waals surface area contributed by atoms with Crippen LogP contribution in [0, 0.1) is 5.41 Å². The molecule has 4 N–H and O–H groups in total. The largest absolute Gasteiger partial charge is 0.387 e. The summed E-state index contributed by atoms with van der Waals surface area (Å²) < 4.78 is 0. The molecule has 0 bridgehead atoms. The SMILES string of the molecule is CCCC(O)(CCC)C(NC(=O)C(C)(C)C(=O)NC(c1cccc2ccccc12)C(O)(CCC)CCC)c1cccc2ccccc12. The van der Waals surface area contributed by atoms with Crippen molar-refractivity contribution >= 4 is 33.4 Å². The van der Waals surface area contributed by atoms with Crippen molar-refractivity contribution in [2.75, 3.05) is 0 Å². The molecule has 0 saturated heterocycles. The van der Waals surface area contributed by atoms with Crippen molar-refractivity contribution < 1.29 is 19.8 Å². The molecule has 0 aliphatic carbocycles. The fraction of sp³-hybridized carbons (Fsp3) is 0.463. The molecule has 0 aliphatic heterocycles. The van der Waals surface area contributed by atoms with Gasteiger partial charge in [0, 0.05) is 0 Å². The van der Waals surface area contributed by atoms with Crippen LogP contribution in [0.25, 0.3) is 21.5 Å². The molecule has 4 aromatic carbocycles. The smallest absolute Gasteiger partial charge is 0.235 e. The summed E-state index contributed by atoms with van der Waals surface area (Å²) in [6.07, 6.45) is 4.90. The van der Waals surface area contributed by atoms with Crippen LogP contribution in [-0.2, 0) is 9.59 Å². The Morgan fingerprint density at radius 2 is 0.872 bits per heavy atom. The van der Waals surface area contributed by atoms with Crippen molar-refractivity contribution in [1.29, 1.82) is 0 Å². The summed E-state index contributed by atoms with van der Waals surface area (Å²) in [4.78, 5) is 28.7. The van der Waals surface area contributed by atoms with Gasteiger partial charge in [-0.3, -0.25) is 9.59 Å². The second-order valence-corrected chi connectivity index (χ2v) is 13.8. The van der Waals surface area contributed by atoms with E-state index in [4.69, 9.17) is 0 Å². The Labute approximate surface area is 281 Å². The quantitative estimate of drug-likeness (QED) is 0.0923. The predicted octanol–water partition coefficient (Wildman–Crippen LogP) is 8.70. The van der Waals surface area contributed by atoms with Crippen LogP contribution in [0.1, 0.15) is 116 Å². The lowest BCUT2D eigenvalue weighted by Gasteiger charge is -2.41. The Hall–Kier alpha value is -3.74. The lowest BCUT2D eigenvalue weighted by Crippen LogP contribution is -2.55. The van der Waals surface area contributed by atoms with Gasteiger partial charge in [0.05, 0.1) is 23.3 Å². The zero-order valence-electron chi connectivity index (χ0n) is 29.1. The first-order chi connectivity index (χ1) is 22.5. The Morgan fingerprint density at radius 3 is 1.21 bits per heavy atom. The first-order valence-electron chi connectivity index (χ1n) is 17.5. The van der Waals surface area contributed by atoms with Crippen LogP contribution in [0.15, 0.2) is 84.9 Å². The highest BCUT2D eigenvalue weighted by molar-refractivity contribution is 6.05. The van der Waals surface area contributed by atoms with Gasteiger partial charge in [0.15, 0.2) is 0 Å². The van der Waals surface area contributed by atoms with E-state index in [1.54, 1.807) is 13.8 Å². The van der Waals surface area contributed by atoms with E-state index < -0.39 is 40.5 Å². The molecule has 6 heteroatoms. The molecular formula is C41H54N2O4. The second kappa shape index (κ2) is 15.4. The van der Waals surface area contributed by atoms with Crippen LogP contribution in [0.5, 0.6) is 0 Å². The number of nitrogens with one attached hydrogen (secondary N) is 2. The van der Waals surface area contributed by atoms with Crippen molar-refractivity contribution in [3.63, 3.8) is 0 Å². The Bertz CT molecular complexity index is 1520. The van der Waals surface area contributed by atoms with E-state index in [0.29, 0.717) is 25.7 Å². The monoisotopic (exact) mass is 638 g/mol. The first kappa shape index (κ1) is 36.1. The van der Waals surface area contributed by atoms with Gasteiger partial charge in [0.1, 0.15) is 5.41 Å². The topological polar surface area (TPSA) is 98.7 Å². The molecule has 252 valence electrons. The van der Waals surface area contributed by atoms with Gasteiger partial charge in [-0.2, -0.15) is 0 Å². The average molecular weight is 639 g/mol. The highest BCUT2D eigenvalue weighted by atomic mass is 16.3. The molecular weight excluding hydrogens is 584 g/mol. The van der Waals surface area contributed by atoms with Gasteiger partial charge in [0.2, 0.25) is 11.8 Å². The van der Waals surface area contributed by atoms with Gasteiger partial charge < -0.3 is 20.8 Å². The highest BCUT2D eigenvalue weighted by Crippen LogP contribution is 2.40. The molecule has 0 aromatic heterocycles. The molecule has 6 nitrogen and oxygen atoms in total. The summed E-state index contributed by atoms with van der Waals surface area (Å²) >= 11 is 0. The summed E-state index contributed by atoms with van der Waals surface area (Å²) in [5.74, 6) is -0.963. The van der Waals surface area contributed by atoms with Crippen molar-refractivity contribution in [3.05, 3.63) is 96.1 Å². The van der Waals surface area contributed by atoms with Crippen LogP contribution in [0.4, 0.5) is 0 Å². The third-order valence-corrected chi connectivity index (χ3v) is 9.76. The van der Waals surface area contributed by atoms with Gasteiger partial charge >= 0.3 is 0 Å².